The fourth-order valence-electron chi connectivity index (χ4n) is 8.18. The Morgan fingerprint density at radius 3 is 2.63 bits per heavy atom. The van der Waals surface area contributed by atoms with Crippen molar-refractivity contribution in [2.24, 2.45) is 7.05 Å². The number of nitrogens with zero attached hydrogens (tertiary/aromatic N) is 7. The molecule has 2 saturated heterocycles. The quantitative estimate of drug-likeness (QED) is 0.184. The minimum Gasteiger partial charge on any atom is -0.359 e. The first kappa shape index (κ1) is 36.2. The monoisotopic (exact) mass is 756 g/mol. The second-order valence-corrected chi connectivity index (χ2v) is 16.3. The van der Waals surface area contributed by atoms with Crippen LogP contribution in [-0.2, 0) is 44.4 Å². The van der Waals surface area contributed by atoms with E-state index in [1.54, 1.807) is 13.2 Å². The number of fused-ring (bicyclic) bond motifs is 3. The molecule has 4 aliphatic rings. The minimum absolute atomic E-state index is 0.0268. The summed E-state index contributed by atoms with van der Waals surface area (Å²) in [6.45, 7) is 3.79. The lowest BCUT2D eigenvalue weighted by Gasteiger charge is -2.33. The molecule has 3 N–H and O–H groups in total. The van der Waals surface area contributed by atoms with Gasteiger partial charge in [-0.15, -0.1) is 0 Å². The van der Waals surface area contributed by atoms with Crippen LogP contribution in [0.1, 0.15) is 67.6 Å². The maximum atomic E-state index is 16.1. The number of nitrogens with one attached hydrogen (secondary N) is 3. The molecule has 3 amide bonds. The molecule has 0 radical (unpaired) electrons. The molecule has 54 heavy (non-hydrogen) atoms. The highest BCUT2D eigenvalue weighted by molar-refractivity contribution is 7.82. The van der Waals surface area contributed by atoms with Crippen LogP contribution in [0.2, 0.25) is 0 Å². The summed E-state index contributed by atoms with van der Waals surface area (Å²) in [5.74, 6) is 1.01. The van der Waals surface area contributed by atoms with E-state index in [9.17, 15) is 18.6 Å². The lowest BCUT2D eigenvalue weighted by atomic mass is 9.88. The van der Waals surface area contributed by atoms with Crippen LogP contribution in [0, 0.1) is 5.82 Å². The van der Waals surface area contributed by atoms with Crippen molar-refractivity contribution in [1.29, 1.82) is 0 Å². The van der Waals surface area contributed by atoms with Gasteiger partial charge >= 0.3 is 0 Å². The maximum absolute atomic E-state index is 16.1. The standard InChI is InChI=1S/C38H45FN10O4S/c1-40-31(51)12-17-48(23-50)35-29-7-6-28(32(39)33(29)46(2)45-35)25-8-15-47(16-9-25)22-24-4-3-5-27(20-24)54(53)49-18-10-26(11-19-49)42-37-41-21-30-34(44-37)43-36(52)38(30)13-14-38/h3-7,20-21,23,25-26H,8-19,22H2,1-2H3,(H,40,51)(H2,41,42,43,44,52). The minimum atomic E-state index is -1.29. The molecular weight excluding hydrogens is 712 g/mol. The van der Waals surface area contributed by atoms with Gasteiger partial charge < -0.3 is 16.0 Å². The van der Waals surface area contributed by atoms with E-state index in [-0.39, 0.29) is 42.6 Å². The van der Waals surface area contributed by atoms with Crippen LogP contribution in [0.4, 0.5) is 22.0 Å². The predicted molar refractivity (Wildman–Crippen MR) is 203 cm³/mol. The number of aromatic nitrogens is 4. The topological polar surface area (TPSA) is 158 Å². The first-order chi connectivity index (χ1) is 26.2. The molecule has 1 aliphatic carbocycles. The third kappa shape index (κ3) is 6.86. The van der Waals surface area contributed by atoms with Crippen LogP contribution >= 0.6 is 0 Å². The second kappa shape index (κ2) is 14.8. The molecule has 14 nitrogen and oxygen atoms in total. The summed E-state index contributed by atoms with van der Waals surface area (Å²) < 4.78 is 33.2. The van der Waals surface area contributed by atoms with E-state index in [4.69, 9.17) is 0 Å². The van der Waals surface area contributed by atoms with Gasteiger partial charge in [0, 0.05) is 69.9 Å². The molecule has 1 spiro atoms. The number of amides is 3. The molecule has 1 saturated carbocycles. The molecule has 3 fully saturated rings. The molecule has 284 valence electrons. The fourth-order valence-corrected chi connectivity index (χ4v) is 9.47. The van der Waals surface area contributed by atoms with Crippen LogP contribution in [0.15, 0.2) is 47.5 Å². The maximum Gasteiger partial charge on any atom is 0.236 e. The second-order valence-electron chi connectivity index (χ2n) is 14.8. The summed E-state index contributed by atoms with van der Waals surface area (Å²) in [5, 5.41) is 13.9. The largest absolute Gasteiger partial charge is 0.359 e. The Balaban J connectivity index is 0.841. The normalized spacial score (nSPS) is 19.4. The molecule has 1 atom stereocenters. The van der Waals surface area contributed by atoms with Crippen molar-refractivity contribution in [2.45, 2.75) is 73.8 Å². The summed E-state index contributed by atoms with van der Waals surface area (Å²) in [7, 11) is 1.92. The molecule has 3 aliphatic heterocycles. The Bertz CT molecular complexity index is 2120. The number of halogens is 1. The lowest BCUT2D eigenvalue weighted by Crippen LogP contribution is -2.40. The van der Waals surface area contributed by atoms with Gasteiger partial charge in [0.15, 0.2) is 11.6 Å². The number of aryl methyl sites for hydroxylation is 1. The van der Waals surface area contributed by atoms with Crippen molar-refractivity contribution in [3.63, 3.8) is 0 Å². The third-order valence-electron chi connectivity index (χ3n) is 11.5. The van der Waals surface area contributed by atoms with E-state index in [0.29, 0.717) is 53.6 Å². The summed E-state index contributed by atoms with van der Waals surface area (Å²) in [5.41, 5.74) is 2.59. The smallest absolute Gasteiger partial charge is 0.236 e. The Morgan fingerprint density at radius 2 is 1.91 bits per heavy atom. The van der Waals surface area contributed by atoms with Gasteiger partial charge in [0.25, 0.3) is 0 Å². The zero-order valence-electron chi connectivity index (χ0n) is 30.5. The number of likely N-dealkylation sites (tertiary alicyclic amines) is 1. The highest BCUT2D eigenvalue weighted by Crippen LogP contribution is 2.54. The Kier molecular flexibility index (Phi) is 9.91. The molecule has 4 aromatic rings. The van der Waals surface area contributed by atoms with Gasteiger partial charge in [0.05, 0.1) is 10.3 Å². The average Bonchev–Trinajstić information content (AvgIpc) is 3.86. The van der Waals surface area contributed by atoms with Gasteiger partial charge in [-0.3, -0.25) is 28.9 Å². The fraction of sp³-hybridized carbons (Fsp3) is 0.474. The van der Waals surface area contributed by atoms with Gasteiger partial charge in [-0.05, 0) is 86.9 Å². The lowest BCUT2D eigenvalue weighted by molar-refractivity contribution is -0.120. The van der Waals surface area contributed by atoms with E-state index < -0.39 is 16.4 Å². The average molecular weight is 757 g/mol. The first-order valence-corrected chi connectivity index (χ1v) is 19.8. The number of hydrogen-bond acceptors (Lipinski definition) is 9. The molecule has 16 heteroatoms. The molecule has 1 unspecified atom stereocenters. The number of benzene rings is 2. The number of piperidine rings is 2. The van der Waals surface area contributed by atoms with E-state index in [1.165, 1.54) is 16.6 Å². The Labute approximate surface area is 315 Å². The molecule has 0 bridgehead atoms. The number of hydrogen-bond donors (Lipinski definition) is 3. The van der Waals surface area contributed by atoms with E-state index in [0.717, 1.165) is 74.2 Å². The number of carbonyl (C=O) groups is 3. The van der Waals surface area contributed by atoms with E-state index in [1.807, 2.05) is 34.6 Å². The summed E-state index contributed by atoms with van der Waals surface area (Å²) in [6.07, 6.45) is 7.39. The predicted octanol–water partition coefficient (Wildman–Crippen LogP) is 3.56. The Morgan fingerprint density at radius 1 is 1.13 bits per heavy atom. The SMILES string of the molecule is CNC(=O)CCN(C=O)c1nn(C)c2c(F)c(C3CCN(Cc4cccc(S(=O)N5CCC(Nc6ncc7c(n6)NC(=O)C76CC6)CC5)c4)CC3)ccc12. The molecule has 2 aromatic heterocycles. The number of carbonyl (C=O) groups excluding carboxylic acids is 3. The van der Waals surface area contributed by atoms with Crippen molar-refractivity contribution in [3.8, 4) is 0 Å². The summed E-state index contributed by atoms with van der Waals surface area (Å²) in [4.78, 5) is 49.5. The summed E-state index contributed by atoms with van der Waals surface area (Å²) >= 11 is 0. The highest BCUT2D eigenvalue weighted by Gasteiger charge is 2.57. The van der Waals surface area contributed by atoms with Gasteiger partial charge in [0.2, 0.25) is 24.2 Å². The van der Waals surface area contributed by atoms with Crippen LogP contribution in [0.25, 0.3) is 10.9 Å². The van der Waals surface area contributed by atoms with Crippen LogP contribution < -0.4 is 20.9 Å². The van der Waals surface area contributed by atoms with Crippen molar-refractivity contribution >= 4 is 57.7 Å². The first-order valence-electron chi connectivity index (χ1n) is 18.7. The number of rotatable bonds is 12. The zero-order valence-corrected chi connectivity index (χ0v) is 31.3. The van der Waals surface area contributed by atoms with Crippen molar-refractivity contribution in [3.05, 3.63) is 65.1 Å². The summed E-state index contributed by atoms with van der Waals surface area (Å²) in [6, 6.07) is 11.8. The molecular formula is C38H45FN10O4S. The molecule has 8 rings (SSSR count). The van der Waals surface area contributed by atoms with Gasteiger partial charge in [-0.1, -0.05) is 18.2 Å². The highest BCUT2D eigenvalue weighted by atomic mass is 32.2. The van der Waals surface area contributed by atoms with Crippen LogP contribution in [0.5, 0.6) is 0 Å². The van der Waals surface area contributed by atoms with Crippen molar-refractivity contribution in [1.82, 2.24) is 34.3 Å². The van der Waals surface area contributed by atoms with Crippen LogP contribution in [0.3, 0.4) is 0 Å². The molecule has 5 heterocycles. The number of anilines is 3. The van der Waals surface area contributed by atoms with Crippen molar-refractivity contribution in [2.75, 3.05) is 55.3 Å². The van der Waals surface area contributed by atoms with E-state index in [2.05, 4.69) is 42.0 Å². The van der Waals surface area contributed by atoms with E-state index >= 15 is 4.39 Å². The van der Waals surface area contributed by atoms with Gasteiger partial charge in [0.1, 0.15) is 22.3 Å². The van der Waals surface area contributed by atoms with Gasteiger partial charge in [-0.2, -0.15) is 10.1 Å². The Hall–Kier alpha value is -4.80. The van der Waals surface area contributed by atoms with Gasteiger partial charge in [-0.25, -0.2) is 17.9 Å². The zero-order chi connectivity index (χ0) is 37.6. The van der Waals surface area contributed by atoms with Crippen LogP contribution in [-0.4, -0.2) is 97.2 Å². The van der Waals surface area contributed by atoms with Crippen molar-refractivity contribution < 1.29 is 23.0 Å². The molecule has 2 aromatic carbocycles. The third-order valence-corrected chi connectivity index (χ3v) is 13.0.